The minimum absolute atomic E-state index is 0.304. The molecule has 0 aromatic rings. The van der Waals surface area contributed by atoms with Gasteiger partial charge in [-0.1, -0.05) is 13.3 Å². The van der Waals surface area contributed by atoms with E-state index in [1.165, 1.54) is 25.9 Å². The molecule has 0 aromatic carbocycles. The van der Waals surface area contributed by atoms with E-state index >= 15 is 0 Å². The first kappa shape index (κ1) is 8.52. The van der Waals surface area contributed by atoms with Gasteiger partial charge >= 0.3 is 0 Å². The van der Waals surface area contributed by atoms with E-state index in [0.717, 1.165) is 25.3 Å². The summed E-state index contributed by atoms with van der Waals surface area (Å²) < 4.78 is 0. The number of aliphatic hydroxyl groups is 1. The molecule has 1 saturated carbocycles. The van der Waals surface area contributed by atoms with Crippen molar-refractivity contribution in [3.8, 4) is 0 Å². The molecule has 70 valence electrons. The van der Waals surface area contributed by atoms with E-state index in [1.807, 2.05) is 0 Å². The predicted molar refractivity (Wildman–Crippen MR) is 49.0 cm³/mol. The van der Waals surface area contributed by atoms with E-state index in [4.69, 9.17) is 0 Å². The van der Waals surface area contributed by atoms with Crippen LogP contribution in [0.5, 0.6) is 0 Å². The number of hydrogen-bond acceptors (Lipinski definition) is 2. The van der Waals surface area contributed by atoms with Gasteiger partial charge in [-0.3, -0.25) is 0 Å². The van der Waals surface area contributed by atoms with E-state index < -0.39 is 0 Å². The van der Waals surface area contributed by atoms with E-state index in [2.05, 4.69) is 11.8 Å². The molecule has 1 aliphatic carbocycles. The zero-order chi connectivity index (χ0) is 8.60. The molecule has 0 spiro atoms. The van der Waals surface area contributed by atoms with Gasteiger partial charge in [-0.15, -0.1) is 0 Å². The lowest BCUT2D eigenvalue weighted by Gasteiger charge is -2.48. The first-order chi connectivity index (χ1) is 5.72. The zero-order valence-corrected chi connectivity index (χ0v) is 7.92. The molecule has 1 N–H and O–H groups in total. The van der Waals surface area contributed by atoms with E-state index in [-0.39, 0.29) is 5.60 Å². The second-order valence-electron chi connectivity index (χ2n) is 4.54. The summed E-state index contributed by atoms with van der Waals surface area (Å²) in [6.07, 6.45) is 4.65. The molecule has 1 saturated heterocycles. The standard InChI is InChI=1S/C10H19NO/c1-2-9-6-10(12,7-9)8-11-4-3-5-11/h9,12H,2-8H2,1H3/t9-,10+. The molecule has 0 unspecified atom stereocenters. The molecular weight excluding hydrogens is 150 g/mol. The van der Waals surface area contributed by atoms with Gasteiger partial charge in [0.25, 0.3) is 0 Å². The minimum Gasteiger partial charge on any atom is -0.389 e. The summed E-state index contributed by atoms with van der Waals surface area (Å²) >= 11 is 0. The van der Waals surface area contributed by atoms with Crippen LogP contribution in [0.15, 0.2) is 0 Å². The average Bonchev–Trinajstić information content (AvgIpc) is 1.91. The van der Waals surface area contributed by atoms with Gasteiger partial charge in [0.2, 0.25) is 0 Å². The molecule has 0 amide bonds. The van der Waals surface area contributed by atoms with Gasteiger partial charge in [-0.2, -0.15) is 0 Å². The number of likely N-dealkylation sites (tertiary alicyclic amines) is 1. The zero-order valence-electron chi connectivity index (χ0n) is 7.92. The van der Waals surface area contributed by atoms with Crippen LogP contribution in [0.1, 0.15) is 32.6 Å². The summed E-state index contributed by atoms with van der Waals surface area (Å²) in [5, 5.41) is 10.0. The Morgan fingerprint density at radius 2 is 2.08 bits per heavy atom. The van der Waals surface area contributed by atoms with Gasteiger partial charge < -0.3 is 10.0 Å². The first-order valence-electron chi connectivity index (χ1n) is 5.16. The first-order valence-corrected chi connectivity index (χ1v) is 5.16. The average molecular weight is 169 g/mol. The summed E-state index contributed by atoms with van der Waals surface area (Å²) in [5.74, 6) is 0.802. The fraction of sp³-hybridized carbons (Fsp3) is 1.00. The van der Waals surface area contributed by atoms with Crippen LogP contribution in [-0.2, 0) is 0 Å². The van der Waals surface area contributed by atoms with E-state index in [1.54, 1.807) is 0 Å². The largest absolute Gasteiger partial charge is 0.389 e. The molecule has 0 aromatic heterocycles. The third-order valence-electron chi connectivity index (χ3n) is 3.38. The second kappa shape index (κ2) is 3.00. The van der Waals surface area contributed by atoms with Crippen molar-refractivity contribution in [2.24, 2.45) is 5.92 Å². The molecule has 1 heterocycles. The van der Waals surface area contributed by atoms with Crippen molar-refractivity contribution in [1.82, 2.24) is 4.90 Å². The third-order valence-corrected chi connectivity index (χ3v) is 3.38. The molecule has 2 aliphatic rings. The summed E-state index contributed by atoms with van der Waals surface area (Å²) in [4.78, 5) is 2.37. The highest BCUT2D eigenvalue weighted by atomic mass is 16.3. The molecule has 0 bridgehead atoms. The molecule has 2 nitrogen and oxygen atoms in total. The summed E-state index contributed by atoms with van der Waals surface area (Å²) in [5.41, 5.74) is -0.304. The summed E-state index contributed by atoms with van der Waals surface area (Å²) in [6.45, 7) is 5.57. The Kier molecular flexibility index (Phi) is 2.13. The molecule has 1 aliphatic heterocycles. The topological polar surface area (TPSA) is 23.5 Å². The van der Waals surface area contributed by atoms with Crippen LogP contribution in [0.3, 0.4) is 0 Å². The Balaban J connectivity index is 1.73. The highest BCUT2D eigenvalue weighted by molar-refractivity contribution is 4.96. The van der Waals surface area contributed by atoms with Crippen LogP contribution in [-0.4, -0.2) is 35.2 Å². The molecule has 0 atom stereocenters. The lowest BCUT2D eigenvalue weighted by Crippen LogP contribution is -2.55. The van der Waals surface area contributed by atoms with Gasteiger partial charge in [0, 0.05) is 6.54 Å². The molecule has 2 fully saturated rings. The van der Waals surface area contributed by atoms with Crippen molar-refractivity contribution in [3.05, 3.63) is 0 Å². The van der Waals surface area contributed by atoms with E-state index in [0.29, 0.717) is 0 Å². The Labute approximate surface area is 74.6 Å². The Morgan fingerprint density at radius 1 is 1.42 bits per heavy atom. The normalized spacial score (nSPS) is 42.0. The van der Waals surface area contributed by atoms with Crippen molar-refractivity contribution in [1.29, 1.82) is 0 Å². The lowest BCUT2D eigenvalue weighted by atomic mass is 9.69. The van der Waals surface area contributed by atoms with Crippen molar-refractivity contribution in [2.75, 3.05) is 19.6 Å². The van der Waals surface area contributed by atoms with Gasteiger partial charge in [0.15, 0.2) is 0 Å². The summed E-state index contributed by atoms with van der Waals surface area (Å²) in [7, 11) is 0. The fourth-order valence-electron chi connectivity index (χ4n) is 2.39. The second-order valence-corrected chi connectivity index (χ2v) is 4.54. The maximum atomic E-state index is 10.0. The van der Waals surface area contributed by atoms with Crippen LogP contribution in [0, 0.1) is 5.92 Å². The fourth-order valence-corrected chi connectivity index (χ4v) is 2.39. The van der Waals surface area contributed by atoms with Crippen molar-refractivity contribution in [2.45, 2.75) is 38.2 Å². The maximum absolute atomic E-state index is 10.0. The Hall–Kier alpha value is -0.0800. The van der Waals surface area contributed by atoms with Crippen molar-refractivity contribution >= 4 is 0 Å². The minimum atomic E-state index is -0.304. The van der Waals surface area contributed by atoms with Crippen molar-refractivity contribution in [3.63, 3.8) is 0 Å². The number of rotatable bonds is 3. The molecule has 2 rings (SSSR count). The van der Waals surface area contributed by atoms with Crippen LogP contribution in [0.25, 0.3) is 0 Å². The van der Waals surface area contributed by atoms with Crippen molar-refractivity contribution < 1.29 is 5.11 Å². The SMILES string of the molecule is CC[C@H]1C[C@](O)(CN2CCC2)C1. The maximum Gasteiger partial charge on any atom is 0.0779 e. The van der Waals surface area contributed by atoms with Gasteiger partial charge in [0.1, 0.15) is 0 Å². The highest BCUT2D eigenvalue weighted by Gasteiger charge is 2.43. The number of hydrogen-bond donors (Lipinski definition) is 1. The van der Waals surface area contributed by atoms with Crippen LogP contribution in [0.2, 0.25) is 0 Å². The monoisotopic (exact) mass is 169 g/mol. The third kappa shape index (κ3) is 1.50. The number of β-amino-alcohol motifs (C(OH)–C–C–N with tert-alkyl or cyclic N) is 1. The molecule has 2 heteroatoms. The Bertz CT molecular complexity index is 159. The number of nitrogens with zero attached hydrogens (tertiary/aromatic N) is 1. The molecule has 0 radical (unpaired) electrons. The summed E-state index contributed by atoms with van der Waals surface area (Å²) in [6, 6.07) is 0. The van der Waals surface area contributed by atoms with Crippen LogP contribution < -0.4 is 0 Å². The lowest BCUT2D eigenvalue weighted by molar-refractivity contribution is -0.102. The predicted octanol–water partition coefficient (Wildman–Crippen LogP) is 1.24. The highest BCUT2D eigenvalue weighted by Crippen LogP contribution is 2.40. The Morgan fingerprint density at radius 3 is 2.50 bits per heavy atom. The van der Waals surface area contributed by atoms with Gasteiger partial charge in [-0.25, -0.2) is 0 Å². The molecular formula is C10H19NO. The van der Waals surface area contributed by atoms with Gasteiger partial charge in [-0.05, 0) is 38.3 Å². The molecule has 12 heavy (non-hydrogen) atoms. The van der Waals surface area contributed by atoms with Crippen LogP contribution >= 0.6 is 0 Å². The van der Waals surface area contributed by atoms with E-state index in [9.17, 15) is 5.11 Å². The van der Waals surface area contributed by atoms with Gasteiger partial charge in [0.05, 0.1) is 5.60 Å². The smallest absolute Gasteiger partial charge is 0.0779 e. The van der Waals surface area contributed by atoms with Crippen LogP contribution in [0.4, 0.5) is 0 Å². The quantitative estimate of drug-likeness (QED) is 0.687.